The standard InChI is InChI=1S/C19H25NO3S/c1-22-16-9-8-14(10-17(16)23-15-4-2-3-5-15)19-20(11-13-6-7-13)18(21)12-24-19/h8-10,13,15,19H,2-7,11-12H2,1H3. The highest BCUT2D eigenvalue weighted by Crippen LogP contribution is 2.44. The van der Waals surface area contributed by atoms with Gasteiger partial charge in [0.2, 0.25) is 5.91 Å². The van der Waals surface area contributed by atoms with Crippen molar-refractivity contribution in [3.05, 3.63) is 23.8 Å². The lowest BCUT2D eigenvalue weighted by molar-refractivity contribution is -0.128. The highest BCUT2D eigenvalue weighted by atomic mass is 32.2. The summed E-state index contributed by atoms with van der Waals surface area (Å²) in [6.07, 6.45) is 7.56. The summed E-state index contributed by atoms with van der Waals surface area (Å²) >= 11 is 1.73. The van der Waals surface area contributed by atoms with Crippen molar-refractivity contribution in [2.24, 2.45) is 5.92 Å². The molecular weight excluding hydrogens is 322 g/mol. The van der Waals surface area contributed by atoms with Crippen molar-refractivity contribution in [2.45, 2.75) is 50.0 Å². The van der Waals surface area contributed by atoms with E-state index in [1.807, 2.05) is 6.07 Å². The van der Waals surface area contributed by atoms with Gasteiger partial charge < -0.3 is 14.4 Å². The van der Waals surface area contributed by atoms with Gasteiger partial charge in [-0.1, -0.05) is 6.07 Å². The number of hydrogen-bond donors (Lipinski definition) is 0. The Balaban J connectivity index is 1.56. The SMILES string of the molecule is COc1ccc(C2SCC(=O)N2CC2CC2)cc1OC1CCCC1. The molecule has 1 aromatic rings. The third-order valence-electron chi connectivity index (χ3n) is 5.19. The van der Waals surface area contributed by atoms with Gasteiger partial charge in [-0.2, -0.15) is 0 Å². The first kappa shape index (κ1) is 16.1. The molecule has 2 saturated carbocycles. The van der Waals surface area contributed by atoms with E-state index >= 15 is 0 Å². The van der Waals surface area contributed by atoms with Crippen LogP contribution in [-0.2, 0) is 4.79 Å². The minimum absolute atomic E-state index is 0.120. The van der Waals surface area contributed by atoms with Crippen LogP contribution in [0.5, 0.6) is 11.5 Å². The summed E-state index contributed by atoms with van der Waals surface area (Å²) in [7, 11) is 1.68. The maximum atomic E-state index is 12.3. The van der Waals surface area contributed by atoms with Crippen molar-refractivity contribution in [1.29, 1.82) is 0 Å². The van der Waals surface area contributed by atoms with Gasteiger partial charge in [0.1, 0.15) is 5.37 Å². The quantitative estimate of drug-likeness (QED) is 0.780. The van der Waals surface area contributed by atoms with Crippen LogP contribution in [0.4, 0.5) is 0 Å². The Morgan fingerprint density at radius 3 is 2.67 bits per heavy atom. The predicted molar refractivity (Wildman–Crippen MR) is 95.5 cm³/mol. The number of methoxy groups -OCH3 is 1. The first-order valence-corrected chi connectivity index (χ1v) is 10.0. The van der Waals surface area contributed by atoms with Crippen molar-refractivity contribution in [3.63, 3.8) is 0 Å². The molecule has 0 N–H and O–H groups in total. The fourth-order valence-electron chi connectivity index (χ4n) is 3.63. The van der Waals surface area contributed by atoms with E-state index in [4.69, 9.17) is 9.47 Å². The second-order valence-corrected chi connectivity index (χ2v) is 8.16. The van der Waals surface area contributed by atoms with E-state index in [1.165, 1.54) is 25.7 Å². The maximum absolute atomic E-state index is 12.3. The molecule has 1 amide bonds. The van der Waals surface area contributed by atoms with Crippen LogP contribution in [0, 0.1) is 5.92 Å². The van der Waals surface area contributed by atoms with Crippen LogP contribution >= 0.6 is 11.8 Å². The van der Waals surface area contributed by atoms with Crippen LogP contribution in [0.15, 0.2) is 18.2 Å². The van der Waals surface area contributed by atoms with E-state index in [9.17, 15) is 4.79 Å². The van der Waals surface area contributed by atoms with Gasteiger partial charge in [0.05, 0.1) is 19.0 Å². The monoisotopic (exact) mass is 347 g/mol. The van der Waals surface area contributed by atoms with Gasteiger partial charge in [0.25, 0.3) is 0 Å². The number of thioether (sulfide) groups is 1. The number of carbonyl (C=O) groups excluding carboxylic acids is 1. The van der Waals surface area contributed by atoms with Crippen LogP contribution < -0.4 is 9.47 Å². The average molecular weight is 347 g/mol. The number of carbonyl (C=O) groups is 1. The minimum Gasteiger partial charge on any atom is -0.493 e. The van der Waals surface area contributed by atoms with Gasteiger partial charge in [0.15, 0.2) is 11.5 Å². The molecular formula is C19H25NO3S. The molecule has 3 aliphatic rings. The zero-order valence-electron chi connectivity index (χ0n) is 14.2. The van der Waals surface area contributed by atoms with Gasteiger partial charge >= 0.3 is 0 Å². The van der Waals surface area contributed by atoms with E-state index in [-0.39, 0.29) is 11.3 Å². The lowest BCUT2D eigenvalue weighted by Crippen LogP contribution is -2.30. The second kappa shape index (κ2) is 6.87. The number of rotatable bonds is 6. The topological polar surface area (TPSA) is 38.8 Å². The number of benzene rings is 1. The summed E-state index contributed by atoms with van der Waals surface area (Å²) < 4.78 is 11.7. The van der Waals surface area contributed by atoms with Crippen molar-refractivity contribution in [1.82, 2.24) is 4.90 Å². The van der Waals surface area contributed by atoms with Gasteiger partial charge in [-0.15, -0.1) is 11.8 Å². The Hall–Kier alpha value is -1.36. The largest absolute Gasteiger partial charge is 0.493 e. The molecule has 1 heterocycles. The lowest BCUT2D eigenvalue weighted by Gasteiger charge is -2.25. The Kier molecular flexibility index (Phi) is 4.61. The zero-order valence-corrected chi connectivity index (χ0v) is 15.0. The van der Waals surface area contributed by atoms with Crippen molar-refractivity contribution in [3.8, 4) is 11.5 Å². The van der Waals surface area contributed by atoms with E-state index in [0.717, 1.165) is 36.4 Å². The number of amides is 1. The van der Waals surface area contributed by atoms with Crippen molar-refractivity contribution in [2.75, 3.05) is 19.4 Å². The molecule has 130 valence electrons. The third kappa shape index (κ3) is 3.37. The fraction of sp³-hybridized carbons (Fsp3) is 0.632. The maximum Gasteiger partial charge on any atom is 0.233 e. The van der Waals surface area contributed by atoms with Crippen LogP contribution in [0.25, 0.3) is 0 Å². The van der Waals surface area contributed by atoms with Gasteiger partial charge in [0, 0.05) is 6.54 Å². The average Bonchev–Trinajstić information content (AvgIpc) is 3.13. The zero-order chi connectivity index (χ0) is 16.5. The fourth-order valence-corrected chi connectivity index (χ4v) is 4.82. The van der Waals surface area contributed by atoms with E-state index in [2.05, 4.69) is 17.0 Å². The summed E-state index contributed by atoms with van der Waals surface area (Å²) in [6.45, 7) is 0.904. The molecule has 4 nitrogen and oxygen atoms in total. The van der Waals surface area contributed by atoms with Crippen molar-refractivity contribution < 1.29 is 14.3 Å². The molecule has 1 saturated heterocycles. The lowest BCUT2D eigenvalue weighted by atomic mass is 10.1. The summed E-state index contributed by atoms with van der Waals surface area (Å²) in [4.78, 5) is 14.3. The molecule has 0 spiro atoms. The Morgan fingerprint density at radius 2 is 1.96 bits per heavy atom. The van der Waals surface area contributed by atoms with Crippen LogP contribution in [0.2, 0.25) is 0 Å². The summed E-state index contributed by atoms with van der Waals surface area (Å²) in [6, 6.07) is 6.15. The van der Waals surface area contributed by atoms with E-state index in [0.29, 0.717) is 17.8 Å². The first-order valence-electron chi connectivity index (χ1n) is 9.00. The Bertz CT molecular complexity index is 611. The van der Waals surface area contributed by atoms with Crippen LogP contribution in [-0.4, -0.2) is 36.3 Å². The van der Waals surface area contributed by atoms with Crippen molar-refractivity contribution >= 4 is 17.7 Å². The molecule has 3 fully saturated rings. The molecule has 1 atom stereocenters. The second-order valence-electron chi connectivity index (χ2n) is 7.09. The molecule has 0 radical (unpaired) electrons. The molecule has 1 aromatic carbocycles. The third-order valence-corrected chi connectivity index (χ3v) is 6.44. The highest BCUT2D eigenvalue weighted by Gasteiger charge is 2.37. The molecule has 0 aromatic heterocycles. The summed E-state index contributed by atoms with van der Waals surface area (Å²) in [5.41, 5.74) is 1.15. The molecule has 4 rings (SSSR count). The normalized spacial score (nSPS) is 24.6. The number of nitrogens with zero attached hydrogens (tertiary/aromatic N) is 1. The number of hydrogen-bond acceptors (Lipinski definition) is 4. The predicted octanol–water partition coefficient (Wildman–Crippen LogP) is 4.00. The van der Waals surface area contributed by atoms with Crippen LogP contribution in [0.1, 0.15) is 49.5 Å². The smallest absolute Gasteiger partial charge is 0.233 e. The van der Waals surface area contributed by atoms with Crippen LogP contribution in [0.3, 0.4) is 0 Å². The van der Waals surface area contributed by atoms with Gasteiger partial charge in [-0.25, -0.2) is 0 Å². The molecule has 5 heteroatoms. The molecule has 1 aliphatic heterocycles. The Labute approximate surface area is 147 Å². The summed E-state index contributed by atoms with van der Waals surface area (Å²) in [5, 5.41) is 0.120. The minimum atomic E-state index is 0.120. The number of ether oxygens (including phenoxy) is 2. The van der Waals surface area contributed by atoms with Gasteiger partial charge in [-0.3, -0.25) is 4.79 Å². The molecule has 0 bridgehead atoms. The summed E-state index contributed by atoms with van der Waals surface area (Å²) in [5.74, 6) is 3.18. The highest BCUT2D eigenvalue weighted by molar-refractivity contribution is 8.00. The Morgan fingerprint density at radius 1 is 1.17 bits per heavy atom. The van der Waals surface area contributed by atoms with Gasteiger partial charge in [-0.05, 0) is 62.1 Å². The molecule has 24 heavy (non-hydrogen) atoms. The molecule has 2 aliphatic carbocycles. The molecule has 1 unspecified atom stereocenters. The first-order chi connectivity index (χ1) is 11.7. The van der Waals surface area contributed by atoms with E-state index < -0.39 is 0 Å². The van der Waals surface area contributed by atoms with E-state index in [1.54, 1.807) is 18.9 Å².